The highest BCUT2D eigenvalue weighted by Gasteiger charge is 2.29. The van der Waals surface area contributed by atoms with Crippen LogP contribution in [0.25, 0.3) is 10.9 Å². The molecule has 122 valence electrons. The lowest BCUT2D eigenvalue weighted by Gasteiger charge is -2.31. The summed E-state index contributed by atoms with van der Waals surface area (Å²) < 4.78 is 0. The smallest absolute Gasteiger partial charge is 0.238 e. The van der Waals surface area contributed by atoms with E-state index in [0.717, 1.165) is 22.4 Å². The molecule has 0 fully saturated rings. The van der Waals surface area contributed by atoms with Crippen molar-refractivity contribution in [1.29, 1.82) is 0 Å². The fourth-order valence-electron chi connectivity index (χ4n) is 3.63. The third-order valence-corrected chi connectivity index (χ3v) is 4.82. The predicted octanol–water partition coefficient (Wildman–Crippen LogP) is 3.30. The number of rotatable bonds is 2. The molecular weight excluding hydrogens is 300 g/mol. The Kier molecular flexibility index (Phi) is 3.32. The van der Waals surface area contributed by atoms with Crippen molar-refractivity contribution >= 4 is 34.0 Å². The van der Waals surface area contributed by atoms with Gasteiger partial charge in [0.25, 0.3) is 0 Å². The van der Waals surface area contributed by atoms with Crippen molar-refractivity contribution in [3.63, 3.8) is 0 Å². The van der Waals surface area contributed by atoms with E-state index in [-0.39, 0.29) is 18.4 Å². The maximum atomic E-state index is 11.6. The highest BCUT2D eigenvalue weighted by Crippen LogP contribution is 2.47. The van der Waals surface area contributed by atoms with Crippen molar-refractivity contribution in [1.82, 2.24) is 4.98 Å². The number of hydrogen-bond acceptors (Lipinski definition) is 3. The molecule has 0 saturated carbocycles. The predicted molar refractivity (Wildman–Crippen MR) is 98.0 cm³/mol. The first-order valence-electron chi connectivity index (χ1n) is 8.08. The number of benzene rings is 2. The van der Waals surface area contributed by atoms with Crippen LogP contribution in [0.1, 0.15) is 24.0 Å². The van der Waals surface area contributed by atoms with Gasteiger partial charge >= 0.3 is 0 Å². The number of hydrogen-bond donors (Lipinski definition) is 3. The van der Waals surface area contributed by atoms with Crippen LogP contribution in [-0.2, 0) is 4.79 Å². The van der Waals surface area contributed by atoms with Gasteiger partial charge in [-0.05, 0) is 29.8 Å². The lowest BCUT2D eigenvalue weighted by Crippen LogP contribution is -2.21. The highest BCUT2D eigenvalue weighted by molar-refractivity contribution is 5.98. The third-order valence-electron chi connectivity index (χ3n) is 4.82. The van der Waals surface area contributed by atoms with Gasteiger partial charge in [-0.2, -0.15) is 0 Å². The van der Waals surface area contributed by atoms with Gasteiger partial charge in [-0.3, -0.25) is 4.79 Å². The Bertz CT molecular complexity index is 944. The quantitative estimate of drug-likeness (QED) is 0.678. The zero-order valence-electron chi connectivity index (χ0n) is 13.8. The molecule has 2 aromatic carbocycles. The number of anilines is 3. The summed E-state index contributed by atoms with van der Waals surface area (Å²) in [6, 6.07) is 14.4. The molecule has 1 aliphatic rings. The summed E-state index contributed by atoms with van der Waals surface area (Å²) >= 11 is 0. The van der Waals surface area contributed by atoms with Gasteiger partial charge in [0.05, 0.1) is 6.54 Å². The molecule has 0 spiro atoms. The average molecular weight is 320 g/mol. The van der Waals surface area contributed by atoms with Crippen LogP contribution < -0.4 is 16.0 Å². The van der Waals surface area contributed by atoms with Crippen molar-refractivity contribution in [3.05, 3.63) is 53.6 Å². The summed E-state index contributed by atoms with van der Waals surface area (Å²) in [5.41, 5.74) is 11.0. The number of aromatic nitrogens is 1. The lowest BCUT2D eigenvalue weighted by atomic mass is 9.87. The normalized spacial score (nSPS) is 16.0. The molecule has 5 nitrogen and oxygen atoms in total. The van der Waals surface area contributed by atoms with Crippen molar-refractivity contribution in [2.45, 2.75) is 12.8 Å². The van der Waals surface area contributed by atoms with Crippen molar-refractivity contribution in [2.75, 3.05) is 23.8 Å². The molecule has 5 heteroatoms. The van der Waals surface area contributed by atoms with E-state index < -0.39 is 0 Å². The molecule has 2 heterocycles. The topological polar surface area (TPSA) is 74.2 Å². The minimum Gasteiger partial charge on any atom is -0.341 e. The van der Waals surface area contributed by atoms with Crippen LogP contribution in [0.4, 0.5) is 17.2 Å². The van der Waals surface area contributed by atoms with Crippen LogP contribution in [0.2, 0.25) is 0 Å². The Morgan fingerprint density at radius 3 is 2.88 bits per heavy atom. The highest BCUT2D eigenvalue weighted by atomic mass is 16.1. The molecular formula is C19H20N4O. The number of aromatic amines is 1. The Hall–Kier alpha value is -2.79. The molecule has 1 aromatic heterocycles. The Morgan fingerprint density at radius 2 is 2.08 bits per heavy atom. The monoisotopic (exact) mass is 320 g/mol. The molecule has 1 atom stereocenters. The van der Waals surface area contributed by atoms with E-state index in [9.17, 15) is 4.79 Å². The van der Waals surface area contributed by atoms with Crippen molar-refractivity contribution in [3.8, 4) is 0 Å². The molecule has 0 bridgehead atoms. The second-order valence-corrected chi connectivity index (χ2v) is 6.24. The first-order valence-corrected chi connectivity index (χ1v) is 8.08. The number of nitrogens with zero attached hydrogens (tertiary/aromatic N) is 1. The van der Waals surface area contributed by atoms with E-state index in [0.29, 0.717) is 0 Å². The van der Waals surface area contributed by atoms with Gasteiger partial charge < -0.3 is 20.9 Å². The zero-order chi connectivity index (χ0) is 16.8. The summed E-state index contributed by atoms with van der Waals surface area (Å²) in [4.78, 5) is 17.3. The molecule has 1 amide bonds. The third kappa shape index (κ3) is 2.09. The minimum atomic E-state index is -0.186. The summed E-state index contributed by atoms with van der Waals surface area (Å²) in [6.45, 7) is 2.21. The maximum absolute atomic E-state index is 11.6. The maximum Gasteiger partial charge on any atom is 0.238 e. The lowest BCUT2D eigenvalue weighted by molar-refractivity contribution is -0.114. The molecule has 4 N–H and O–H groups in total. The van der Waals surface area contributed by atoms with E-state index >= 15 is 0 Å². The van der Waals surface area contributed by atoms with Gasteiger partial charge in [0.15, 0.2) is 0 Å². The molecule has 0 saturated heterocycles. The van der Waals surface area contributed by atoms with Gasteiger partial charge in [-0.25, -0.2) is 0 Å². The summed E-state index contributed by atoms with van der Waals surface area (Å²) in [5, 5.41) is 3.97. The molecule has 1 unspecified atom stereocenters. The standard InChI is InChI=1S/C19H20N4O/c1-11-13-5-3-4-6-16(13)23(2)19-18(11)14-9-12(21-17(24)10-20)7-8-15(14)22-19/h3-9,11,22H,10,20H2,1-2H3,(H,21,24). The van der Waals surface area contributed by atoms with E-state index in [1.807, 2.05) is 18.2 Å². The first-order chi connectivity index (χ1) is 11.6. The van der Waals surface area contributed by atoms with E-state index in [4.69, 9.17) is 5.73 Å². The van der Waals surface area contributed by atoms with Gasteiger partial charge in [0, 0.05) is 40.8 Å². The Balaban J connectivity index is 1.88. The first kappa shape index (κ1) is 14.8. The number of nitrogens with two attached hydrogens (primary N) is 1. The van der Waals surface area contributed by atoms with Gasteiger partial charge in [-0.15, -0.1) is 0 Å². The average Bonchev–Trinajstić information content (AvgIpc) is 2.99. The van der Waals surface area contributed by atoms with Crippen molar-refractivity contribution in [2.24, 2.45) is 5.73 Å². The fourth-order valence-corrected chi connectivity index (χ4v) is 3.63. The largest absolute Gasteiger partial charge is 0.341 e. The van der Waals surface area contributed by atoms with Crippen LogP contribution in [0, 0.1) is 0 Å². The van der Waals surface area contributed by atoms with Gasteiger partial charge in [0.2, 0.25) is 5.91 Å². The van der Waals surface area contributed by atoms with E-state index in [1.165, 1.54) is 16.8 Å². The summed E-state index contributed by atoms with van der Waals surface area (Å²) in [6.07, 6.45) is 0. The van der Waals surface area contributed by atoms with Crippen LogP contribution in [0.5, 0.6) is 0 Å². The molecule has 3 aromatic rings. The molecule has 4 rings (SSSR count). The van der Waals surface area contributed by atoms with Gasteiger partial charge in [-0.1, -0.05) is 25.1 Å². The summed E-state index contributed by atoms with van der Waals surface area (Å²) in [5.74, 6) is 1.20. The second-order valence-electron chi connectivity index (χ2n) is 6.24. The van der Waals surface area contributed by atoms with Crippen molar-refractivity contribution < 1.29 is 4.79 Å². The Labute approximate surface area is 140 Å². The zero-order valence-corrected chi connectivity index (χ0v) is 13.8. The fraction of sp³-hybridized carbons (Fsp3) is 0.211. The summed E-state index contributed by atoms with van der Waals surface area (Å²) in [7, 11) is 2.08. The molecule has 0 radical (unpaired) electrons. The van der Waals surface area contributed by atoms with Crippen LogP contribution in [-0.4, -0.2) is 24.5 Å². The van der Waals surface area contributed by atoms with Crippen LogP contribution in [0.3, 0.4) is 0 Å². The van der Waals surface area contributed by atoms with E-state index in [2.05, 4.69) is 53.4 Å². The number of nitrogens with one attached hydrogen (secondary N) is 2. The number of carbonyl (C=O) groups is 1. The van der Waals surface area contributed by atoms with Gasteiger partial charge in [0.1, 0.15) is 5.82 Å². The number of para-hydroxylation sites is 1. The molecule has 0 aliphatic carbocycles. The number of carbonyl (C=O) groups excluding carboxylic acids is 1. The van der Waals surface area contributed by atoms with Crippen LogP contribution in [0.15, 0.2) is 42.5 Å². The Morgan fingerprint density at radius 1 is 1.29 bits per heavy atom. The number of amides is 1. The number of H-pyrrole nitrogens is 1. The molecule has 24 heavy (non-hydrogen) atoms. The van der Waals surface area contributed by atoms with Crippen LogP contribution >= 0.6 is 0 Å². The minimum absolute atomic E-state index is 0.0181. The number of fused-ring (bicyclic) bond motifs is 4. The molecule has 1 aliphatic heterocycles. The SMILES string of the molecule is CC1c2ccccc2N(C)c2[nH]c3ccc(NC(=O)CN)cc3c21. The second kappa shape index (κ2) is 5.39. The van der Waals surface area contributed by atoms with E-state index in [1.54, 1.807) is 0 Å².